The van der Waals surface area contributed by atoms with Crippen molar-refractivity contribution in [2.75, 3.05) is 0 Å². The molecule has 0 atom stereocenters. The lowest BCUT2D eigenvalue weighted by atomic mass is 10.0. The summed E-state index contributed by atoms with van der Waals surface area (Å²) in [6.07, 6.45) is 1.84. The van der Waals surface area contributed by atoms with Crippen molar-refractivity contribution in [3.63, 3.8) is 0 Å². The van der Waals surface area contributed by atoms with Crippen LogP contribution in [-0.4, -0.2) is 24.5 Å². The minimum Gasteiger partial charge on any atom is -0.456 e. The topological polar surface area (TPSA) is 69.6 Å². The van der Waals surface area contributed by atoms with E-state index in [0.29, 0.717) is 23.2 Å². The number of para-hydroxylation sites is 2. The summed E-state index contributed by atoms with van der Waals surface area (Å²) in [7, 11) is 0. The zero-order valence-electron chi connectivity index (χ0n) is 28.9. The second kappa shape index (κ2) is 12.1. The molecule has 0 N–H and O–H groups in total. The van der Waals surface area contributed by atoms with Crippen molar-refractivity contribution in [1.29, 1.82) is 0 Å². The van der Waals surface area contributed by atoms with E-state index in [1.165, 1.54) is 32.6 Å². The van der Waals surface area contributed by atoms with E-state index < -0.39 is 0 Å². The summed E-state index contributed by atoms with van der Waals surface area (Å²) in [6.45, 7) is 0. The van der Waals surface area contributed by atoms with Crippen LogP contribution in [0.1, 0.15) is 0 Å². The van der Waals surface area contributed by atoms with Gasteiger partial charge in [-0.15, -0.1) is 0 Å². The Morgan fingerprint density at radius 3 is 1.93 bits per heavy atom. The molecule has 252 valence electrons. The first kappa shape index (κ1) is 30.2. The fourth-order valence-electron chi connectivity index (χ4n) is 7.71. The van der Waals surface area contributed by atoms with E-state index in [9.17, 15) is 0 Å². The molecule has 0 aliphatic rings. The van der Waals surface area contributed by atoms with Crippen LogP contribution in [0.3, 0.4) is 0 Å². The van der Waals surface area contributed by atoms with Crippen LogP contribution in [-0.2, 0) is 0 Å². The molecule has 4 aromatic heterocycles. The molecule has 0 spiro atoms. The first-order valence-electron chi connectivity index (χ1n) is 18.0. The quantitative estimate of drug-likeness (QED) is 0.180. The fourth-order valence-corrected chi connectivity index (χ4v) is 7.71. The average molecular weight is 692 g/mol. The average Bonchev–Trinajstić information content (AvgIpc) is 3.80. The molecule has 11 aromatic rings. The highest BCUT2D eigenvalue weighted by molar-refractivity contribution is 6.18. The molecule has 0 unspecified atom stereocenters. The number of fused-ring (bicyclic) bond motifs is 8. The number of rotatable bonds is 5. The van der Waals surface area contributed by atoms with Crippen molar-refractivity contribution in [3.8, 4) is 51.1 Å². The van der Waals surface area contributed by atoms with E-state index in [1.807, 2.05) is 66.9 Å². The van der Waals surface area contributed by atoms with Gasteiger partial charge in [0.1, 0.15) is 16.9 Å². The smallest absolute Gasteiger partial charge is 0.182 e. The second-order valence-corrected chi connectivity index (χ2v) is 13.5. The Balaban J connectivity index is 1.01. The zero-order valence-corrected chi connectivity index (χ0v) is 28.9. The highest BCUT2D eigenvalue weighted by Crippen LogP contribution is 2.38. The number of furan rings is 1. The Hall–Kier alpha value is -7.44. The predicted octanol–water partition coefficient (Wildman–Crippen LogP) is 12.1. The van der Waals surface area contributed by atoms with Gasteiger partial charge < -0.3 is 8.98 Å². The molecule has 0 saturated heterocycles. The number of hydrogen-bond donors (Lipinski definition) is 0. The highest BCUT2D eigenvalue weighted by Gasteiger charge is 2.17. The van der Waals surface area contributed by atoms with Crippen molar-refractivity contribution >= 4 is 54.5 Å². The van der Waals surface area contributed by atoms with Gasteiger partial charge in [0.25, 0.3) is 0 Å². The van der Waals surface area contributed by atoms with Gasteiger partial charge in [0.2, 0.25) is 0 Å². The van der Waals surface area contributed by atoms with E-state index >= 15 is 0 Å². The molecule has 54 heavy (non-hydrogen) atoms. The minimum atomic E-state index is 0.483. The Kier molecular flexibility index (Phi) is 6.75. The maximum atomic E-state index is 6.18. The van der Waals surface area contributed by atoms with Gasteiger partial charge in [0, 0.05) is 56.0 Å². The number of hydrogen-bond acceptors (Lipinski definition) is 5. The van der Waals surface area contributed by atoms with Crippen molar-refractivity contribution in [3.05, 3.63) is 176 Å². The van der Waals surface area contributed by atoms with E-state index in [1.54, 1.807) is 0 Å². The Morgan fingerprint density at radius 2 is 1.07 bits per heavy atom. The Morgan fingerprint density at radius 1 is 0.407 bits per heavy atom. The third kappa shape index (κ3) is 4.89. The lowest BCUT2D eigenvalue weighted by Crippen LogP contribution is -2.01. The summed E-state index contributed by atoms with van der Waals surface area (Å²) in [5.41, 5.74) is 9.70. The summed E-state index contributed by atoms with van der Waals surface area (Å²) in [4.78, 5) is 19.6. The molecule has 0 saturated carbocycles. The van der Waals surface area contributed by atoms with Crippen molar-refractivity contribution in [2.24, 2.45) is 0 Å². The number of nitrogens with zero attached hydrogens (tertiary/aromatic N) is 5. The van der Waals surface area contributed by atoms with Crippen molar-refractivity contribution < 1.29 is 4.42 Å². The maximum absolute atomic E-state index is 6.18. The predicted molar refractivity (Wildman–Crippen MR) is 218 cm³/mol. The summed E-state index contributed by atoms with van der Waals surface area (Å²) in [6, 6.07) is 58.9. The van der Waals surface area contributed by atoms with Crippen LogP contribution in [0.4, 0.5) is 0 Å². The summed E-state index contributed by atoms with van der Waals surface area (Å²) in [5, 5.41) is 6.94. The molecule has 0 radical (unpaired) electrons. The third-order valence-corrected chi connectivity index (χ3v) is 10.3. The molecule has 0 aliphatic heterocycles. The maximum Gasteiger partial charge on any atom is 0.182 e. The molecule has 0 aliphatic carbocycles. The van der Waals surface area contributed by atoms with E-state index in [0.717, 1.165) is 49.9 Å². The second-order valence-electron chi connectivity index (χ2n) is 13.5. The number of aromatic nitrogens is 5. The van der Waals surface area contributed by atoms with E-state index in [2.05, 4.69) is 114 Å². The van der Waals surface area contributed by atoms with Crippen LogP contribution in [0.15, 0.2) is 180 Å². The van der Waals surface area contributed by atoms with Crippen molar-refractivity contribution in [2.45, 2.75) is 0 Å². The van der Waals surface area contributed by atoms with Gasteiger partial charge in [-0.1, -0.05) is 140 Å². The molecular weight excluding hydrogens is 663 g/mol. The van der Waals surface area contributed by atoms with Crippen LogP contribution < -0.4 is 0 Å². The lowest BCUT2D eigenvalue weighted by Gasteiger charge is -2.12. The van der Waals surface area contributed by atoms with Gasteiger partial charge in [-0.05, 0) is 40.8 Å². The molecule has 11 rings (SSSR count). The Labute approximate surface area is 309 Å². The highest BCUT2D eigenvalue weighted by atomic mass is 16.3. The lowest BCUT2D eigenvalue weighted by molar-refractivity contribution is 0.668. The van der Waals surface area contributed by atoms with Crippen LogP contribution in [0.25, 0.3) is 106 Å². The van der Waals surface area contributed by atoms with Gasteiger partial charge >= 0.3 is 0 Å². The largest absolute Gasteiger partial charge is 0.456 e. The van der Waals surface area contributed by atoms with E-state index in [-0.39, 0.29) is 0 Å². The van der Waals surface area contributed by atoms with Crippen LogP contribution in [0.2, 0.25) is 0 Å². The van der Waals surface area contributed by atoms with Gasteiger partial charge in [-0.2, -0.15) is 0 Å². The van der Waals surface area contributed by atoms with Crippen LogP contribution >= 0.6 is 0 Å². The van der Waals surface area contributed by atoms with Gasteiger partial charge in [-0.3, -0.25) is 4.98 Å². The number of pyridine rings is 1. The van der Waals surface area contributed by atoms with Gasteiger partial charge in [-0.25, -0.2) is 15.0 Å². The van der Waals surface area contributed by atoms with Crippen LogP contribution in [0.5, 0.6) is 0 Å². The number of benzene rings is 7. The standard InChI is InChI=1S/C48H29N5O/c1-2-12-32(13-3-1)46-50-47(52-48(51-46)41-28-44-40(29-49-41)38-18-7-9-20-43(38)54-44)33-23-21-30(22-24-33)34-14-10-15-35(27-34)53-42-19-8-6-17-37(42)39-26-25-31-11-4-5-16-36(31)45(39)53/h1-29H. The molecular formula is C48H29N5O. The molecule has 7 aromatic carbocycles. The zero-order chi connectivity index (χ0) is 35.6. The van der Waals surface area contributed by atoms with E-state index in [4.69, 9.17) is 24.4 Å². The normalized spacial score (nSPS) is 11.7. The van der Waals surface area contributed by atoms with Crippen molar-refractivity contribution in [1.82, 2.24) is 24.5 Å². The molecule has 0 amide bonds. The molecule has 6 nitrogen and oxygen atoms in total. The first-order valence-corrected chi connectivity index (χ1v) is 18.0. The van der Waals surface area contributed by atoms with Crippen LogP contribution in [0, 0.1) is 0 Å². The minimum absolute atomic E-state index is 0.483. The monoisotopic (exact) mass is 691 g/mol. The summed E-state index contributed by atoms with van der Waals surface area (Å²) < 4.78 is 8.58. The Bertz CT molecular complexity index is 3220. The molecule has 0 fully saturated rings. The molecule has 4 heterocycles. The molecule has 6 heteroatoms. The first-order chi connectivity index (χ1) is 26.7. The molecule has 0 bridgehead atoms. The SMILES string of the molecule is c1ccc(-c2nc(-c3ccc(-c4cccc(-n5c6ccccc6c6ccc7ccccc7c65)c4)cc3)nc(-c3cc4oc5ccccc5c4cn3)n2)cc1. The fraction of sp³-hybridized carbons (Fsp3) is 0. The third-order valence-electron chi connectivity index (χ3n) is 10.3. The van der Waals surface area contributed by atoms with Gasteiger partial charge in [0.15, 0.2) is 17.5 Å². The summed E-state index contributed by atoms with van der Waals surface area (Å²) in [5.74, 6) is 1.64. The van der Waals surface area contributed by atoms with Gasteiger partial charge in [0.05, 0.1) is 11.0 Å². The summed E-state index contributed by atoms with van der Waals surface area (Å²) >= 11 is 0.